The number of aliphatic hydroxyl groups is 1. The Labute approximate surface area is 74.6 Å². The predicted octanol–water partition coefficient (Wildman–Crippen LogP) is 2.68. The summed E-state index contributed by atoms with van der Waals surface area (Å²) in [5, 5.41) is 8.50. The lowest BCUT2D eigenvalue weighted by Gasteiger charge is -1.99. The van der Waals surface area contributed by atoms with Gasteiger partial charge in [-0.05, 0) is 30.8 Å². The zero-order chi connectivity index (χ0) is 8.36. The lowest BCUT2D eigenvalue weighted by molar-refractivity contribution is 0.284. The van der Waals surface area contributed by atoms with Gasteiger partial charge in [-0.2, -0.15) is 11.8 Å². The van der Waals surface area contributed by atoms with Crippen LogP contribution < -0.4 is 0 Å². The maximum Gasteiger partial charge on any atom is 0.0431 e. The van der Waals surface area contributed by atoms with Gasteiger partial charge in [-0.25, -0.2) is 0 Å². The van der Waals surface area contributed by atoms with Crippen molar-refractivity contribution >= 4 is 11.8 Å². The number of thioether (sulfide) groups is 1. The van der Waals surface area contributed by atoms with Crippen molar-refractivity contribution in [2.45, 2.75) is 39.0 Å². The second-order valence-electron chi connectivity index (χ2n) is 2.75. The molecule has 0 atom stereocenters. The average molecular weight is 176 g/mol. The van der Waals surface area contributed by atoms with Crippen LogP contribution in [0.2, 0.25) is 0 Å². The van der Waals surface area contributed by atoms with Gasteiger partial charge in [0.1, 0.15) is 0 Å². The number of unbranched alkanes of at least 4 members (excludes halogenated alkanes) is 3. The van der Waals surface area contributed by atoms with E-state index in [0.29, 0.717) is 6.61 Å². The van der Waals surface area contributed by atoms with E-state index in [1.165, 1.54) is 37.2 Å². The normalized spacial score (nSPS) is 10.4. The second-order valence-corrected chi connectivity index (χ2v) is 3.97. The van der Waals surface area contributed by atoms with Gasteiger partial charge in [0.05, 0.1) is 0 Å². The molecule has 0 bridgehead atoms. The van der Waals surface area contributed by atoms with Gasteiger partial charge >= 0.3 is 0 Å². The van der Waals surface area contributed by atoms with Gasteiger partial charge in [0.15, 0.2) is 0 Å². The Morgan fingerprint density at radius 1 is 1.00 bits per heavy atom. The molecule has 0 aliphatic heterocycles. The summed E-state index contributed by atoms with van der Waals surface area (Å²) in [4.78, 5) is 0. The summed E-state index contributed by atoms with van der Waals surface area (Å²) in [5.74, 6) is 2.59. The Hall–Kier alpha value is 0.310. The van der Waals surface area contributed by atoms with E-state index >= 15 is 0 Å². The van der Waals surface area contributed by atoms with E-state index in [9.17, 15) is 0 Å². The topological polar surface area (TPSA) is 20.2 Å². The molecule has 0 aliphatic rings. The standard InChI is InChI=1S/C9H20OS/c1-2-3-8-11-9-6-4-5-7-10/h10H,2-9H2,1H3. The first-order chi connectivity index (χ1) is 5.41. The third-order valence-corrected chi connectivity index (χ3v) is 2.74. The molecule has 0 fully saturated rings. The van der Waals surface area contributed by atoms with Gasteiger partial charge in [0.2, 0.25) is 0 Å². The van der Waals surface area contributed by atoms with Crippen molar-refractivity contribution in [3.8, 4) is 0 Å². The number of hydrogen-bond donors (Lipinski definition) is 1. The molecule has 0 unspecified atom stereocenters. The molecule has 0 amide bonds. The molecule has 2 heteroatoms. The zero-order valence-electron chi connectivity index (χ0n) is 7.51. The van der Waals surface area contributed by atoms with E-state index in [1.54, 1.807) is 0 Å². The van der Waals surface area contributed by atoms with Crippen molar-refractivity contribution in [2.75, 3.05) is 18.1 Å². The van der Waals surface area contributed by atoms with Gasteiger partial charge in [-0.1, -0.05) is 19.8 Å². The van der Waals surface area contributed by atoms with Crippen molar-refractivity contribution in [3.05, 3.63) is 0 Å². The minimum Gasteiger partial charge on any atom is -0.396 e. The molecule has 0 rings (SSSR count). The fourth-order valence-electron chi connectivity index (χ4n) is 0.841. The van der Waals surface area contributed by atoms with Crippen LogP contribution in [-0.4, -0.2) is 23.2 Å². The summed E-state index contributed by atoms with van der Waals surface area (Å²) >= 11 is 2.05. The molecule has 0 aromatic rings. The SMILES string of the molecule is CCCCSCCCCCO. The predicted molar refractivity (Wildman–Crippen MR) is 53.2 cm³/mol. The molecule has 1 nitrogen and oxygen atoms in total. The highest BCUT2D eigenvalue weighted by atomic mass is 32.2. The fourth-order valence-corrected chi connectivity index (χ4v) is 1.95. The first kappa shape index (κ1) is 11.3. The van der Waals surface area contributed by atoms with Crippen LogP contribution in [-0.2, 0) is 0 Å². The second kappa shape index (κ2) is 10.3. The molecule has 0 saturated carbocycles. The molecule has 0 aromatic carbocycles. The first-order valence-corrected chi connectivity index (χ1v) is 5.76. The van der Waals surface area contributed by atoms with Crippen LogP contribution >= 0.6 is 11.8 Å². The van der Waals surface area contributed by atoms with Crippen molar-refractivity contribution in [1.82, 2.24) is 0 Å². The van der Waals surface area contributed by atoms with Crippen LogP contribution in [0.3, 0.4) is 0 Å². The molecule has 0 aromatic heterocycles. The van der Waals surface area contributed by atoms with Crippen molar-refractivity contribution in [2.24, 2.45) is 0 Å². The van der Waals surface area contributed by atoms with Crippen LogP contribution in [0, 0.1) is 0 Å². The summed E-state index contributed by atoms with van der Waals surface area (Å²) in [6.07, 6.45) is 6.10. The lowest BCUT2D eigenvalue weighted by Crippen LogP contribution is -1.86. The molecule has 0 aliphatic carbocycles. The number of hydrogen-bond acceptors (Lipinski definition) is 2. The summed E-state index contributed by atoms with van der Waals surface area (Å²) in [7, 11) is 0. The number of rotatable bonds is 8. The Morgan fingerprint density at radius 2 is 1.73 bits per heavy atom. The van der Waals surface area contributed by atoms with Gasteiger partial charge < -0.3 is 5.11 Å². The van der Waals surface area contributed by atoms with Gasteiger partial charge in [0, 0.05) is 6.61 Å². The third-order valence-electron chi connectivity index (χ3n) is 1.59. The minimum atomic E-state index is 0.361. The monoisotopic (exact) mass is 176 g/mol. The van der Waals surface area contributed by atoms with E-state index in [0.717, 1.165) is 6.42 Å². The van der Waals surface area contributed by atoms with Crippen molar-refractivity contribution < 1.29 is 5.11 Å². The van der Waals surface area contributed by atoms with Crippen LogP contribution in [0.4, 0.5) is 0 Å². The van der Waals surface area contributed by atoms with Crippen molar-refractivity contribution in [1.29, 1.82) is 0 Å². The minimum absolute atomic E-state index is 0.361. The zero-order valence-corrected chi connectivity index (χ0v) is 8.33. The molecular weight excluding hydrogens is 156 g/mol. The van der Waals surface area contributed by atoms with E-state index in [-0.39, 0.29) is 0 Å². The Kier molecular flexibility index (Phi) is 10.6. The molecule has 0 heterocycles. The highest BCUT2D eigenvalue weighted by Crippen LogP contribution is 2.08. The summed E-state index contributed by atoms with van der Waals surface area (Å²) < 4.78 is 0. The maximum atomic E-state index is 8.50. The molecule has 68 valence electrons. The molecule has 0 saturated heterocycles. The smallest absolute Gasteiger partial charge is 0.0431 e. The largest absolute Gasteiger partial charge is 0.396 e. The first-order valence-electron chi connectivity index (χ1n) is 4.60. The lowest BCUT2D eigenvalue weighted by atomic mass is 10.3. The van der Waals surface area contributed by atoms with Crippen LogP contribution in [0.1, 0.15) is 39.0 Å². The Morgan fingerprint density at radius 3 is 2.36 bits per heavy atom. The van der Waals surface area contributed by atoms with E-state index in [2.05, 4.69) is 6.92 Å². The Balaban J connectivity index is 2.69. The van der Waals surface area contributed by atoms with Gasteiger partial charge in [0.25, 0.3) is 0 Å². The Bertz CT molecular complexity index is 58.6. The van der Waals surface area contributed by atoms with E-state index in [1.807, 2.05) is 11.8 Å². The maximum absolute atomic E-state index is 8.50. The van der Waals surface area contributed by atoms with Crippen LogP contribution in [0.25, 0.3) is 0 Å². The van der Waals surface area contributed by atoms with E-state index in [4.69, 9.17) is 5.11 Å². The van der Waals surface area contributed by atoms with Crippen LogP contribution in [0.5, 0.6) is 0 Å². The molecule has 11 heavy (non-hydrogen) atoms. The summed E-state index contributed by atoms with van der Waals surface area (Å²) in [5.41, 5.74) is 0. The highest BCUT2D eigenvalue weighted by molar-refractivity contribution is 7.99. The van der Waals surface area contributed by atoms with Crippen LogP contribution in [0.15, 0.2) is 0 Å². The highest BCUT2D eigenvalue weighted by Gasteiger charge is 1.89. The van der Waals surface area contributed by atoms with Gasteiger partial charge in [-0.3, -0.25) is 0 Å². The quantitative estimate of drug-likeness (QED) is 0.574. The fraction of sp³-hybridized carbons (Fsp3) is 1.00. The summed E-state index contributed by atoms with van der Waals surface area (Å²) in [6.45, 7) is 2.59. The van der Waals surface area contributed by atoms with Gasteiger partial charge in [-0.15, -0.1) is 0 Å². The summed E-state index contributed by atoms with van der Waals surface area (Å²) in [6, 6.07) is 0. The van der Waals surface area contributed by atoms with Crippen molar-refractivity contribution in [3.63, 3.8) is 0 Å². The number of aliphatic hydroxyl groups excluding tert-OH is 1. The average Bonchev–Trinajstić information content (AvgIpc) is 2.03. The molecule has 1 N–H and O–H groups in total. The molecule has 0 spiro atoms. The molecule has 0 radical (unpaired) electrons. The van der Waals surface area contributed by atoms with E-state index < -0.39 is 0 Å². The molecular formula is C9H20OS. The third kappa shape index (κ3) is 10.3.